The molecule has 1 saturated carbocycles. The van der Waals surface area contributed by atoms with Crippen LogP contribution in [0.2, 0.25) is 0 Å². The number of carbonyl (C=O) groups is 2. The monoisotopic (exact) mass is 448 g/mol. The summed E-state index contributed by atoms with van der Waals surface area (Å²) < 4.78 is 11.6. The summed E-state index contributed by atoms with van der Waals surface area (Å²) in [7, 11) is 0. The smallest absolute Gasteiger partial charge is 0.257 e. The van der Waals surface area contributed by atoms with E-state index < -0.39 is 0 Å². The number of para-hydroxylation sites is 1. The quantitative estimate of drug-likeness (QED) is 0.679. The standard InChI is InChI=1S/C27H32N2O4/c30-25(28-15-17-32-18-16-28)23-10-4-5-11-24(23)33-20-21-7-6-14-29(19-21)26(31)27(12-13-27)22-8-2-1-3-9-22/h1-5,8-11,21H,6-7,12-20H2. The first-order chi connectivity index (χ1) is 16.2. The third-order valence-corrected chi connectivity index (χ3v) is 7.18. The molecule has 2 saturated heterocycles. The molecule has 1 unspecified atom stereocenters. The highest BCUT2D eigenvalue weighted by molar-refractivity contribution is 5.97. The molecule has 0 N–H and O–H groups in total. The zero-order valence-electron chi connectivity index (χ0n) is 19.1. The summed E-state index contributed by atoms with van der Waals surface area (Å²) in [6.45, 7) is 4.40. The van der Waals surface area contributed by atoms with Crippen LogP contribution in [0, 0.1) is 5.92 Å². The lowest BCUT2D eigenvalue weighted by atomic mass is 9.91. The van der Waals surface area contributed by atoms with Gasteiger partial charge in [-0.1, -0.05) is 42.5 Å². The van der Waals surface area contributed by atoms with E-state index in [4.69, 9.17) is 9.47 Å². The Labute approximate surface area is 195 Å². The number of ether oxygens (including phenoxy) is 2. The number of morpholine rings is 1. The maximum Gasteiger partial charge on any atom is 0.257 e. The predicted octanol–water partition coefficient (Wildman–Crippen LogP) is 3.51. The van der Waals surface area contributed by atoms with Gasteiger partial charge in [0.2, 0.25) is 5.91 Å². The van der Waals surface area contributed by atoms with Gasteiger partial charge >= 0.3 is 0 Å². The van der Waals surface area contributed by atoms with Crippen LogP contribution in [0.3, 0.4) is 0 Å². The average Bonchev–Trinajstić information content (AvgIpc) is 3.70. The number of benzene rings is 2. The van der Waals surface area contributed by atoms with Crippen molar-refractivity contribution < 1.29 is 19.1 Å². The van der Waals surface area contributed by atoms with E-state index in [-0.39, 0.29) is 23.1 Å². The number of hydrogen-bond donors (Lipinski definition) is 0. The van der Waals surface area contributed by atoms with E-state index >= 15 is 0 Å². The Kier molecular flexibility index (Phi) is 6.36. The number of rotatable bonds is 6. The molecule has 5 rings (SSSR count). The molecular weight excluding hydrogens is 416 g/mol. The molecule has 174 valence electrons. The topological polar surface area (TPSA) is 59.1 Å². The second-order valence-electron chi connectivity index (χ2n) is 9.42. The molecule has 2 heterocycles. The Morgan fingerprint density at radius 1 is 0.939 bits per heavy atom. The van der Waals surface area contributed by atoms with Gasteiger partial charge < -0.3 is 19.3 Å². The summed E-state index contributed by atoms with van der Waals surface area (Å²) in [4.78, 5) is 30.3. The molecular formula is C27H32N2O4. The van der Waals surface area contributed by atoms with E-state index in [1.807, 2.05) is 52.3 Å². The van der Waals surface area contributed by atoms with Crippen LogP contribution in [0.5, 0.6) is 5.75 Å². The van der Waals surface area contributed by atoms with Crippen LogP contribution in [-0.2, 0) is 14.9 Å². The first-order valence-corrected chi connectivity index (χ1v) is 12.1. The van der Waals surface area contributed by atoms with E-state index in [2.05, 4.69) is 12.1 Å². The second kappa shape index (κ2) is 9.56. The molecule has 3 aliphatic rings. The van der Waals surface area contributed by atoms with E-state index in [0.717, 1.165) is 37.8 Å². The van der Waals surface area contributed by atoms with Gasteiger partial charge in [0.25, 0.3) is 5.91 Å². The van der Waals surface area contributed by atoms with Crippen molar-refractivity contribution in [3.63, 3.8) is 0 Å². The van der Waals surface area contributed by atoms with Gasteiger partial charge in [0.15, 0.2) is 0 Å². The van der Waals surface area contributed by atoms with Crippen molar-refractivity contribution in [3.05, 3.63) is 65.7 Å². The highest BCUT2D eigenvalue weighted by Gasteiger charge is 2.53. The second-order valence-corrected chi connectivity index (χ2v) is 9.42. The molecule has 33 heavy (non-hydrogen) atoms. The molecule has 3 fully saturated rings. The van der Waals surface area contributed by atoms with E-state index in [1.54, 1.807) is 0 Å². The van der Waals surface area contributed by atoms with Gasteiger partial charge in [-0.05, 0) is 43.4 Å². The van der Waals surface area contributed by atoms with Crippen LogP contribution >= 0.6 is 0 Å². The number of carbonyl (C=O) groups excluding carboxylic acids is 2. The van der Waals surface area contributed by atoms with Crippen molar-refractivity contribution in [2.24, 2.45) is 5.92 Å². The van der Waals surface area contributed by atoms with Crippen molar-refractivity contribution in [1.82, 2.24) is 9.80 Å². The summed E-state index contributed by atoms with van der Waals surface area (Å²) in [5.41, 5.74) is 1.43. The number of likely N-dealkylation sites (tertiary alicyclic amines) is 1. The number of nitrogens with zero attached hydrogens (tertiary/aromatic N) is 2. The van der Waals surface area contributed by atoms with E-state index in [1.165, 1.54) is 0 Å². The van der Waals surface area contributed by atoms with Gasteiger partial charge in [-0.3, -0.25) is 9.59 Å². The molecule has 2 amide bonds. The average molecular weight is 449 g/mol. The van der Waals surface area contributed by atoms with Crippen molar-refractivity contribution >= 4 is 11.8 Å². The van der Waals surface area contributed by atoms with E-state index in [0.29, 0.717) is 50.8 Å². The molecule has 0 bridgehead atoms. The third kappa shape index (κ3) is 4.62. The molecule has 6 nitrogen and oxygen atoms in total. The zero-order chi connectivity index (χ0) is 22.7. The number of hydrogen-bond acceptors (Lipinski definition) is 4. The largest absolute Gasteiger partial charge is 0.492 e. The van der Waals surface area contributed by atoms with Crippen molar-refractivity contribution in [2.75, 3.05) is 46.0 Å². The Balaban J connectivity index is 1.22. The molecule has 0 spiro atoms. The predicted molar refractivity (Wildman–Crippen MR) is 125 cm³/mol. The molecule has 0 radical (unpaired) electrons. The Morgan fingerprint density at radius 2 is 1.67 bits per heavy atom. The molecule has 2 aromatic rings. The van der Waals surface area contributed by atoms with Gasteiger partial charge in [0, 0.05) is 32.1 Å². The van der Waals surface area contributed by atoms with Crippen LogP contribution in [0.25, 0.3) is 0 Å². The molecule has 2 aromatic carbocycles. The first kappa shape index (κ1) is 22.0. The molecule has 6 heteroatoms. The highest BCUT2D eigenvalue weighted by Crippen LogP contribution is 2.50. The summed E-state index contributed by atoms with van der Waals surface area (Å²) in [6, 6.07) is 17.7. The molecule has 1 aliphatic carbocycles. The van der Waals surface area contributed by atoms with Gasteiger partial charge in [-0.2, -0.15) is 0 Å². The van der Waals surface area contributed by atoms with Crippen LogP contribution in [0.15, 0.2) is 54.6 Å². The summed E-state index contributed by atoms with van der Waals surface area (Å²) in [5.74, 6) is 1.15. The van der Waals surface area contributed by atoms with Crippen LogP contribution < -0.4 is 4.74 Å². The van der Waals surface area contributed by atoms with Crippen LogP contribution in [0.4, 0.5) is 0 Å². The summed E-state index contributed by atoms with van der Waals surface area (Å²) >= 11 is 0. The van der Waals surface area contributed by atoms with Crippen LogP contribution in [0.1, 0.15) is 41.6 Å². The first-order valence-electron chi connectivity index (χ1n) is 12.1. The minimum atomic E-state index is -0.318. The fourth-order valence-electron chi connectivity index (χ4n) is 5.11. The van der Waals surface area contributed by atoms with Crippen molar-refractivity contribution in [3.8, 4) is 5.75 Å². The van der Waals surface area contributed by atoms with Gasteiger partial charge in [0.1, 0.15) is 5.75 Å². The van der Waals surface area contributed by atoms with Gasteiger partial charge in [-0.25, -0.2) is 0 Å². The lowest BCUT2D eigenvalue weighted by molar-refractivity contribution is -0.136. The molecule has 1 atom stereocenters. The minimum absolute atomic E-state index is 0.00659. The van der Waals surface area contributed by atoms with Crippen molar-refractivity contribution in [1.29, 1.82) is 0 Å². The third-order valence-electron chi connectivity index (χ3n) is 7.18. The normalized spacial score (nSPS) is 22.0. The summed E-state index contributed by atoms with van der Waals surface area (Å²) in [6.07, 6.45) is 3.88. The molecule has 0 aromatic heterocycles. The maximum atomic E-state index is 13.4. The minimum Gasteiger partial charge on any atom is -0.492 e. The van der Waals surface area contributed by atoms with Gasteiger partial charge in [0.05, 0.1) is 30.8 Å². The lowest BCUT2D eigenvalue weighted by Crippen LogP contribution is -2.46. The Bertz CT molecular complexity index is 983. The SMILES string of the molecule is O=C(c1ccccc1OCC1CCCN(C(=O)C2(c3ccccc3)CC2)C1)N1CCOCC1. The zero-order valence-corrected chi connectivity index (χ0v) is 19.1. The maximum absolute atomic E-state index is 13.4. The van der Waals surface area contributed by atoms with Gasteiger partial charge in [-0.15, -0.1) is 0 Å². The molecule has 2 aliphatic heterocycles. The fraction of sp³-hybridized carbons (Fsp3) is 0.481. The fourth-order valence-corrected chi connectivity index (χ4v) is 5.11. The lowest BCUT2D eigenvalue weighted by Gasteiger charge is -2.35. The highest BCUT2D eigenvalue weighted by atomic mass is 16.5. The Hall–Kier alpha value is -2.86. The number of piperidine rings is 1. The Morgan fingerprint density at radius 3 is 2.42 bits per heavy atom. The van der Waals surface area contributed by atoms with E-state index in [9.17, 15) is 9.59 Å². The number of amides is 2. The summed E-state index contributed by atoms with van der Waals surface area (Å²) in [5, 5.41) is 0. The van der Waals surface area contributed by atoms with Crippen molar-refractivity contribution in [2.45, 2.75) is 31.1 Å². The van der Waals surface area contributed by atoms with Crippen LogP contribution in [-0.4, -0.2) is 67.6 Å².